The van der Waals surface area contributed by atoms with Crippen LogP contribution in [0.3, 0.4) is 0 Å². The molecule has 2 atom stereocenters. The third-order valence-corrected chi connectivity index (χ3v) is 2.48. The Balaban J connectivity index is 0.000000810. The molecule has 0 aliphatic heterocycles. The van der Waals surface area contributed by atoms with E-state index in [1.165, 1.54) is 19.3 Å². The molecule has 1 saturated carbocycles. The molecular formula is C8H16NaO+. The van der Waals surface area contributed by atoms with Crippen LogP contribution in [-0.2, 0) is 0 Å². The Morgan fingerprint density at radius 1 is 1.10 bits per heavy atom. The molecule has 1 rings (SSSR count). The van der Waals surface area contributed by atoms with Gasteiger partial charge in [-0.2, -0.15) is 0 Å². The smallest absolute Gasteiger partial charge is 0.393 e. The van der Waals surface area contributed by atoms with Crippen molar-refractivity contribution in [1.29, 1.82) is 0 Å². The van der Waals surface area contributed by atoms with Crippen LogP contribution in [0.5, 0.6) is 0 Å². The first kappa shape index (κ1) is 11.0. The Morgan fingerprint density at radius 2 is 1.50 bits per heavy atom. The van der Waals surface area contributed by atoms with Gasteiger partial charge in [0.1, 0.15) is 0 Å². The van der Waals surface area contributed by atoms with Crippen molar-refractivity contribution in [2.24, 2.45) is 11.8 Å². The second kappa shape index (κ2) is 4.76. The molecule has 0 aromatic carbocycles. The molecule has 2 heteroatoms. The molecular weight excluding hydrogens is 135 g/mol. The summed E-state index contributed by atoms with van der Waals surface area (Å²) >= 11 is 0. The van der Waals surface area contributed by atoms with Crippen LogP contribution in [0.1, 0.15) is 33.1 Å². The standard InChI is InChI=1S/C8H16O.Na/c1-6-4-3-5-7(2)8(6)9;/h6-9H,3-5H2,1-2H3;/q;+1. The SMILES string of the molecule is CC1CCCC(C)C1O.[Na+]. The number of aliphatic hydroxyl groups excluding tert-OH is 1. The molecule has 0 heterocycles. The Morgan fingerprint density at radius 3 is 1.80 bits per heavy atom. The Hall–Kier alpha value is 0.960. The summed E-state index contributed by atoms with van der Waals surface area (Å²) in [4.78, 5) is 0. The topological polar surface area (TPSA) is 20.2 Å². The second-order valence-corrected chi connectivity index (χ2v) is 3.38. The maximum Gasteiger partial charge on any atom is 1.00 e. The molecule has 0 bridgehead atoms. The van der Waals surface area contributed by atoms with Crippen molar-refractivity contribution < 1.29 is 34.7 Å². The summed E-state index contributed by atoms with van der Waals surface area (Å²) in [6.07, 6.45) is 3.70. The van der Waals surface area contributed by atoms with Crippen molar-refractivity contribution in [1.82, 2.24) is 0 Å². The minimum Gasteiger partial charge on any atom is -0.393 e. The zero-order chi connectivity index (χ0) is 6.85. The van der Waals surface area contributed by atoms with Crippen LogP contribution < -0.4 is 29.6 Å². The van der Waals surface area contributed by atoms with E-state index in [0.29, 0.717) is 11.8 Å². The summed E-state index contributed by atoms with van der Waals surface area (Å²) < 4.78 is 0. The molecule has 54 valence electrons. The third kappa shape index (κ3) is 2.54. The van der Waals surface area contributed by atoms with E-state index >= 15 is 0 Å². The first-order valence-electron chi connectivity index (χ1n) is 3.90. The van der Waals surface area contributed by atoms with Crippen molar-refractivity contribution in [2.75, 3.05) is 0 Å². The quantitative estimate of drug-likeness (QED) is 0.431. The fraction of sp³-hybridized carbons (Fsp3) is 1.00. The van der Waals surface area contributed by atoms with Crippen LogP contribution in [-0.4, -0.2) is 11.2 Å². The van der Waals surface area contributed by atoms with Gasteiger partial charge in [-0.1, -0.05) is 20.3 Å². The molecule has 0 spiro atoms. The second-order valence-electron chi connectivity index (χ2n) is 3.38. The van der Waals surface area contributed by atoms with E-state index < -0.39 is 0 Å². The number of hydrogen-bond acceptors (Lipinski definition) is 1. The predicted octanol–water partition coefficient (Wildman–Crippen LogP) is -1.19. The largest absolute Gasteiger partial charge is 1.00 e. The van der Waals surface area contributed by atoms with Gasteiger partial charge in [0.05, 0.1) is 6.10 Å². The monoisotopic (exact) mass is 151 g/mol. The van der Waals surface area contributed by atoms with Crippen LogP contribution in [0.15, 0.2) is 0 Å². The Kier molecular flexibility index (Phi) is 5.22. The van der Waals surface area contributed by atoms with E-state index in [9.17, 15) is 5.11 Å². The fourth-order valence-corrected chi connectivity index (χ4v) is 1.66. The van der Waals surface area contributed by atoms with Gasteiger partial charge in [-0.25, -0.2) is 0 Å². The van der Waals surface area contributed by atoms with Gasteiger partial charge in [0, 0.05) is 0 Å². The first-order valence-corrected chi connectivity index (χ1v) is 3.90. The number of rotatable bonds is 0. The van der Waals surface area contributed by atoms with Gasteiger partial charge in [0.2, 0.25) is 0 Å². The van der Waals surface area contributed by atoms with Gasteiger partial charge in [-0.05, 0) is 24.7 Å². The molecule has 1 aliphatic carbocycles. The van der Waals surface area contributed by atoms with Gasteiger partial charge in [-0.15, -0.1) is 0 Å². The molecule has 1 N–H and O–H groups in total. The van der Waals surface area contributed by atoms with Crippen molar-refractivity contribution in [3.63, 3.8) is 0 Å². The Labute approximate surface area is 85.5 Å². The van der Waals surface area contributed by atoms with Crippen LogP contribution in [0, 0.1) is 11.8 Å². The van der Waals surface area contributed by atoms with E-state index in [-0.39, 0.29) is 35.7 Å². The molecule has 0 amide bonds. The van der Waals surface area contributed by atoms with Gasteiger partial charge < -0.3 is 5.11 Å². The van der Waals surface area contributed by atoms with Gasteiger partial charge in [0.25, 0.3) is 0 Å². The molecule has 1 aliphatic rings. The number of aliphatic hydroxyl groups is 1. The minimum absolute atomic E-state index is 0. The van der Waals surface area contributed by atoms with Crippen LogP contribution in [0.25, 0.3) is 0 Å². The average molecular weight is 151 g/mol. The average Bonchev–Trinajstić information content (AvgIpc) is 1.83. The van der Waals surface area contributed by atoms with Crippen LogP contribution in [0.2, 0.25) is 0 Å². The van der Waals surface area contributed by atoms with E-state index in [4.69, 9.17) is 0 Å². The van der Waals surface area contributed by atoms with Gasteiger partial charge >= 0.3 is 29.6 Å². The van der Waals surface area contributed by atoms with E-state index in [1.807, 2.05) is 0 Å². The van der Waals surface area contributed by atoms with Crippen LogP contribution in [0.4, 0.5) is 0 Å². The maximum atomic E-state index is 9.45. The van der Waals surface area contributed by atoms with E-state index in [2.05, 4.69) is 13.8 Å². The molecule has 0 aromatic rings. The van der Waals surface area contributed by atoms with E-state index in [0.717, 1.165) is 0 Å². The molecule has 0 aromatic heterocycles. The molecule has 1 nitrogen and oxygen atoms in total. The van der Waals surface area contributed by atoms with Gasteiger partial charge in [0.15, 0.2) is 0 Å². The van der Waals surface area contributed by atoms with Crippen LogP contribution >= 0.6 is 0 Å². The number of hydrogen-bond donors (Lipinski definition) is 1. The summed E-state index contributed by atoms with van der Waals surface area (Å²) in [6, 6.07) is 0. The minimum atomic E-state index is -0.0289. The zero-order valence-electron chi connectivity index (χ0n) is 7.30. The summed E-state index contributed by atoms with van der Waals surface area (Å²) in [5.41, 5.74) is 0. The van der Waals surface area contributed by atoms with Gasteiger partial charge in [-0.3, -0.25) is 0 Å². The third-order valence-electron chi connectivity index (χ3n) is 2.48. The summed E-state index contributed by atoms with van der Waals surface area (Å²) in [6.45, 7) is 4.28. The summed E-state index contributed by atoms with van der Waals surface area (Å²) in [7, 11) is 0. The Bertz CT molecular complexity index is 85.3. The molecule has 1 fully saturated rings. The first-order chi connectivity index (χ1) is 4.22. The molecule has 10 heavy (non-hydrogen) atoms. The van der Waals surface area contributed by atoms with Crippen molar-refractivity contribution in [2.45, 2.75) is 39.2 Å². The normalized spacial score (nSPS) is 40.5. The van der Waals surface area contributed by atoms with Crippen molar-refractivity contribution in [3.8, 4) is 0 Å². The molecule has 2 unspecified atom stereocenters. The molecule has 0 saturated heterocycles. The fourth-order valence-electron chi connectivity index (χ4n) is 1.66. The summed E-state index contributed by atoms with van der Waals surface area (Å²) in [5, 5.41) is 9.45. The van der Waals surface area contributed by atoms with Crippen molar-refractivity contribution in [3.05, 3.63) is 0 Å². The van der Waals surface area contributed by atoms with E-state index in [1.54, 1.807) is 0 Å². The summed E-state index contributed by atoms with van der Waals surface area (Å²) in [5.74, 6) is 1.07. The maximum absolute atomic E-state index is 9.45. The zero-order valence-corrected chi connectivity index (χ0v) is 9.30. The van der Waals surface area contributed by atoms with Crippen molar-refractivity contribution >= 4 is 0 Å². The molecule has 0 radical (unpaired) electrons. The predicted molar refractivity (Wildman–Crippen MR) is 38.2 cm³/mol.